The van der Waals surface area contributed by atoms with Gasteiger partial charge in [-0.1, -0.05) is 28.1 Å². The summed E-state index contributed by atoms with van der Waals surface area (Å²) in [6.45, 7) is 2.23. The van der Waals surface area contributed by atoms with Crippen LogP contribution in [0.2, 0.25) is 0 Å². The lowest BCUT2D eigenvalue weighted by Gasteiger charge is -2.09. The predicted molar refractivity (Wildman–Crippen MR) is 61.8 cm³/mol. The van der Waals surface area contributed by atoms with Crippen molar-refractivity contribution in [3.05, 3.63) is 29.8 Å². The smallest absolute Gasteiger partial charge is 0.310 e. The summed E-state index contributed by atoms with van der Waals surface area (Å²) in [5.74, 6) is -0.620. The number of carboxylic acids is 1. The highest BCUT2D eigenvalue weighted by molar-refractivity contribution is 9.09. The maximum atomic E-state index is 10.8. The zero-order valence-electron chi connectivity index (χ0n) is 8.44. The fourth-order valence-corrected chi connectivity index (χ4v) is 1.33. The Labute approximate surface area is 97.2 Å². The lowest BCUT2D eigenvalue weighted by atomic mass is 10.0. The number of rotatable bonds is 5. The molecule has 0 radical (unpaired) electrons. The Balaban J connectivity index is 2.77. The largest absolute Gasteiger partial charge is 0.493 e. The van der Waals surface area contributed by atoms with Gasteiger partial charge in [-0.05, 0) is 24.6 Å². The minimum atomic E-state index is -0.826. The van der Waals surface area contributed by atoms with Gasteiger partial charge < -0.3 is 9.84 Å². The van der Waals surface area contributed by atoms with Gasteiger partial charge >= 0.3 is 5.97 Å². The van der Waals surface area contributed by atoms with E-state index in [4.69, 9.17) is 9.84 Å². The van der Waals surface area contributed by atoms with Gasteiger partial charge in [-0.15, -0.1) is 0 Å². The first-order valence-electron chi connectivity index (χ1n) is 4.66. The summed E-state index contributed by atoms with van der Waals surface area (Å²) in [5.41, 5.74) is 0.759. The van der Waals surface area contributed by atoms with Crippen molar-refractivity contribution in [1.29, 1.82) is 0 Å². The SMILES string of the molecule is CC(C(=O)O)c1cccc(OCCBr)c1. The summed E-state index contributed by atoms with van der Waals surface area (Å²) < 4.78 is 5.39. The average molecular weight is 273 g/mol. The highest BCUT2D eigenvalue weighted by Crippen LogP contribution is 2.20. The van der Waals surface area contributed by atoms with E-state index in [2.05, 4.69) is 15.9 Å². The molecule has 3 nitrogen and oxygen atoms in total. The highest BCUT2D eigenvalue weighted by Gasteiger charge is 2.13. The van der Waals surface area contributed by atoms with Gasteiger partial charge in [-0.25, -0.2) is 0 Å². The number of hydrogen-bond donors (Lipinski definition) is 1. The van der Waals surface area contributed by atoms with Crippen LogP contribution in [0.4, 0.5) is 0 Å². The zero-order valence-corrected chi connectivity index (χ0v) is 10.0. The Morgan fingerprint density at radius 1 is 1.60 bits per heavy atom. The van der Waals surface area contributed by atoms with Crippen LogP contribution in [-0.4, -0.2) is 23.0 Å². The van der Waals surface area contributed by atoms with Gasteiger partial charge in [0.2, 0.25) is 0 Å². The number of hydrogen-bond acceptors (Lipinski definition) is 2. The first-order valence-corrected chi connectivity index (χ1v) is 5.79. The van der Waals surface area contributed by atoms with Gasteiger partial charge in [0.15, 0.2) is 0 Å². The monoisotopic (exact) mass is 272 g/mol. The number of carboxylic acid groups (broad SMARTS) is 1. The summed E-state index contributed by atoms with van der Waals surface area (Å²) in [4.78, 5) is 10.8. The first kappa shape index (κ1) is 12.0. The van der Waals surface area contributed by atoms with Crippen LogP contribution in [0.3, 0.4) is 0 Å². The number of benzene rings is 1. The molecule has 0 aliphatic carbocycles. The van der Waals surface area contributed by atoms with E-state index in [1.165, 1.54) is 0 Å². The topological polar surface area (TPSA) is 46.5 Å². The molecule has 15 heavy (non-hydrogen) atoms. The summed E-state index contributed by atoms with van der Waals surface area (Å²) in [6, 6.07) is 7.18. The maximum Gasteiger partial charge on any atom is 0.310 e. The molecule has 0 aromatic heterocycles. The molecular formula is C11H13BrO3. The summed E-state index contributed by atoms with van der Waals surface area (Å²) in [6.07, 6.45) is 0. The molecule has 4 heteroatoms. The van der Waals surface area contributed by atoms with Crippen molar-refractivity contribution in [2.24, 2.45) is 0 Å². The molecule has 0 fully saturated rings. The third kappa shape index (κ3) is 3.55. The molecule has 0 aliphatic heterocycles. The van der Waals surface area contributed by atoms with Crippen LogP contribution in [0.15, 0.2) is 24.3 Å². The van der Waals surface area contributed by atoms with Gasteiger partial charge in [-0.2, -0.15) is 0 Å². The third-order valence-electron chi connectivity index (χ3n) is 2.07. The quantitative estimate of drug-likeness (QED) is 0.839. The number of alkyl halides is 1. The zero-order chi connectivity index (χ0) is 11.3. The van der Waals surface area contributed by atoms with Crippen LogP contribution in [-0.2, 0) is 4.79 Å². The molecule has 0 bridgehead atoms. The molecule has 82 valence electrons. The van der Waals surface area contributed by atoms with Crippen molar-refractivity contribution in [3.8, 4) is 5.75 Å². The molecule has 0 spiro atoms. The van der Waals surface area contributed by atoms with E-state index >= 15 is 0 Å². The second-order valence-corrected chi connectivity index (χ2v) is 3.96. The Bertz CT molecular complexity index is 338. The molecular weight excluding hydrogens is 260 g/mol. The van der Waals surface area contributed by atoms with E-state index in [9.17, 15) is 4.79 Å². The lowest BCUT2D eigenvalue weighted by Crippen LogP contribution is -2.07. The summed E-state index contributed by atoms with van der Waals surface area (Å²) >= 11 is 3.26. The van der Waals surface area contributed by atoms with Crippen molar-refractivity contribution in [1.82, 2.24) is 0 Å². The van der Waals surface area contributed by atoms with E-state index in [-0.39, 0.29) is 0 Å². The molecule has 0 aliphatic rings. The number of ether oxygens (including phenoxy) is 1. The van der Waals surface area contributed by atoms with Crippen LogP contribution in [0, 0.1) is 0 Å². The average Bonchev–Trinajstić information content (AvgIpc) is 2.25. The Morgan fingerprint density at radius 3 is 2.93 bits per heavy atom. The van der Waals surface area contributed by atoms with Crippen LogP contribution >= 0.6 is 15.9 Å². The van der Waals surface area contributed by atoms with Crippen molar-refractivity contribution in [2.45, 2.75) is 12.8 Å². The Kier molecular flexibility index (Phi) is 4.62. The third-order valence-corrected chi connectivity index (χ3v) is 2.40. The molecule has 0 saturated heterocycles. The summed E-state index contributed by atoms with van der Waals surface area (Å²) in [7, 11) is 0. The molecule has 1 N–H and O–H groups in total. The van der Waals surface area contributed by atoms with E-state index in [0.717, 1.165) is 10.9 Å². The van der Waals surface area contributed by atoms with Crippen molar-refractivity contribution < 1.29 is 14.6 Å². The fourth-order valence-electron chi connectivity index (χ4n) is 1.17. The van der Waals surface area contributed by atoms with E-state index < -0.39 is 11.9 Å². The molecule has 1 unspecified atom stereocenters. The molecule has 0 saturated carbocycles. The van der Waals surface area contributed by atoms with Gasteiger partial charge in [0.05, 0.1) is 12.5 Å². The van der Waals surface area contributed by atoms with E-state index in [1.807, 2.05) is 6.07 Å². The number of carbonyl (C=O) groups is 1. The lowest BCUT2D eigenvalue weighted by molar-refractivity contribution is -0.138. The van der Waals surface area contributed by atoms with Crippen molar-refractivity contribution in [2.75, 3.05) is 11.9 Å². The minimum absolute atomic E-state index is 0.502. The van der Waals surface area contributed by atoms with Crippen LogP contribution in [0.25, 0.3) is 0 Å². The van der Waals surface area contributed by atoms with E-state index in [1.54, 1.807) is 25.1 Å². The van der Waals surface area contributed by atoms with Gasteiger partial charge in [0.25, 0.3) is 0 Å². The standard InChI is InChI=1S/C11H13BrO3/c1-8(11(13)14)9-3-2-4-10(7-9)15-6-5-12/h2-4,7-8H,5-6H2,1H3,(H,13,14). The van der Waals surface area contributed by atoms with Crippen LogP contribution in [0.1, 0.15) is 18.4 Å². The van der Waals surface area contributed by atoms with Crippen LogP contribution < -0.4 is 4.74 Å². The molecule has 0 amide bonds. The van der Waals surface area contributed by atoms with Gasteiger partial charge in [-0.3, -0.25) is 4.79 Å². The number of aliphatic carboxylic acids is 1. The van der Waals surface area contributed by atoms with Crippen LogP contribution in [0.5, 0.6) is 5.75 Å². The van der Waals surface area contributed by atoms with Crippen molar-refractivity contribution >= 4 is 21.9 Å². The molecule has 1 rings (SSSR count). The normalized spacial score (nSPS) is 12.1. The summed E-state index contributed by atoms with van der Waals surface area (Å²) in [5, 5.41) is 9.61. The second-order valence-electron chi connectivity index (χ2n) is 3.17. The Morgan fingerprint density at radius 2 is 2.33 bits per heavy atom. The van der Waals surface area contributed by atoms with Crippen molar-refractivity contribution in [3.63, 3.8) is 0 Å². The number of halogens is 1. The predicted octanol–water partition coefficient (Wildman–Crippen LogP) is 2.65. The van der Waals surface area contributed by atoms with E-state index in [0.29, 0.717) is 12.4 Å². The minimum Gasteiger partial charge on any atom is -0.493 e. The first-order chi connectivity index (χ1) is 7.15. The highest BCUT2D eigenvalue weighted by atomic mass is 79.9. The Hall–Kier alpha value is -1.03. The molecule has 0 heterocycles. The molecule has 1 aromatic carbocycles. The van der Waals surface area contributed by atoms with Gasteiger partial charge in [0, 0.05) is 5.33 Å². The van der Waals surface area contributed by atoms with Gasteiger partial charge in [0.1, 0.15) is 5.75 Å². The maximum absolute atomic E-state index is 10.8. The fraction of sp³-hybridized carbons (Fsp3) is 0.364. The molecule has 1 atom stereocenters. The molecule has 1 aromatic rings. The second kappa shape index (κ2) is 5.75.